The number of carbonyl (C=O) groups is 1. The third kappa shape index (κ3) is 4.60. The number of hydrogen-bond donors (Lipinski definition) is 2. The minimum atomic E-state index is -4.36. The normalized spacial score (nSPS) is 11.1. The van der Waals surface area contributed by atoms with E-state index in [1.807, 2.05) is 0 Å². The lowest BCUT2D eigenvalue weighted by Crippen LogP contribution is -2.12. The highest BCUT2D eigenvalue weighted by atomic mass is 32.2. The minimum Gasteiger partial charge on any atom is -0.296 e. The first-order valence-corrected chi connectivity index (χ1v) is 6.33. The first-order chi connectivity index (χ1) is 8.11. The highest BCUT2D eigenvalue weighted by molar-refractivity contribution is 7.90. The molecule has 6 heteroatoms. The lowest BCUT2D eigenvalue weighted by atomic mass is 10.0. The van der Waals surface area contributed by atoms with Crippen LogP contribution in [0.3, 0.4) is 0 Å². The second-order valence-electron chi connectivity index (χ2n) is 3.63. The van der Waals surface area contributed by atoms with Crippen molar-refractivity contribution < 1.29 is 17.8 Å². The topological polar surface area (TPSA) is 95.3 Å². The van der Waals surface area contributed by atoms with Crippen LogP contribution in [0.2, 0.25) is 0 Å². The molecule has 0 aromatic carbocycles. The molecule has 0 fully saturated rings. The van der Waals surface area contributed by atoms with Crippen molar-refractivity contribution in [2.24, 2.45) is 0 Å². The van der Waals surface area contributed by atoms with E-state index in [1.54, 1.807) is 13.8 Å². The van der Waals surface area contributed by atoms with E-state index in [0.29, 0.717) is 5.57 Å². The summed E-state index contributed by atoms with van der Waals surface area (Å²) in [5.74, 6) is -0.576. The van der Waals surface area contributed by atoms with Gasteiger partial charge in [0.15, 0.2) is 0 Å². The van der Waals surface area contributed by atoms with E-state index < -0.39 is 20.8 Å². The van der Waals surface area contributed by atoms with Gasteiger partial charge in [-0.3, -0.25) is 14.8 Å². The van der Waals surface area contributed by atoms with E-state index in [-0.39, 0.29) is 11.3 Å². The Morgan fingerprint density at radius 2 is 1.78 bits per heavy atom. The van der Waals surface area contributed by atoms with Gasteiger partial charge >= 0.3 is 0 Å². The summed E-state index contributed by atoms with van der Waals surface area (Å²) >= 11 is 0. The zero-order valence-electron chi connectivity index (χ0n) is 10.2. The molecule has 2 N–H and O–H groups in total. The van der Waals surface area contributed by atoms with Crippen molar-refractivity contribution in [1.82, 2.24) is 0 Å². The predicted octanol–water partition coefficient (Wildman–Crippen LogP) is 2.06. The molecule has 0 atom stereocenters. The van der Waals surface area contributed by atoms with Gasteiger partial charge in [0.1, 0.15) is 5.71 Å². The zero-order chi connectivity index (χ0) is 14.5. The summed E-state index contributed by atoms with van der Waals surface area (Å²) in [7, 11) is -4.36. The van der Waals surface area contributed by atoms with Crippen LogP contribution in [-0.2, 0) is 14.9 Å². The van der Waals surface area contributed by atoms with Gasteiger partial charge in [0, 0.05) is 5.57 Å². The van der Waals surface area contributed by atoms with E-state index in [2.05, 4.69) is 13.2 Å². The minimum absolute atomic E-state index is 0.254. The zero-order valence-corrected chi connectivity index (χ0v) is 11.0. The lowest BCUT2D eigenvalue weighted by Gasteiger charge is -2.04. The van der Waals surface area contributed by atoms with Crippen molar-refractivity contribution >= 4 is 21.6 Å². The van der Waals surface area contributed by atoms with Crippen LogP contribution in [0.5, 0.6) is 0 Å². The Bertz CT molecular complexity index is 561. The van der Waals surface area contributed by atoms with Gasteiger partial charge in [-0.05, 0) is 26.0 Å². The molecule has 0 saturated heterocycles. The van der Waals surface area contributed by atoms with Crippen LogP contribution in [0.25, 0.3) is 0 Å². The summed E-state index contributed by atoms with van der Waals surface area (Å²) in [6.07, 6.45) is 3.27. The van der Waals surface area contributed by atoms with Gasteiger partial charge in [0.05, 0.1) is 4.91 Å². The van der Waals surface area contributed by atoms with Gasteiger partial charge in [0.25, 0.3) is 10.1 Å². The fraction of sp³-hybridized carbons (Fsp3) is 0.167. The third-order valence-electron chi connectivity index (χ3n) is 2.01. The average Bonchev–Trinajstić information content (AvgIpc) is 2.25. The number of carbonyl (C=O) groups excluding carboxylic acids is 1. The van der Waals surface area contributed by atoms with Crippen molar-refractivity contribution in [3.8, 4) is 0 Å². The number of allylic oxidation sites excluding steroid dienone is 5. The summed E-state index contributed by atoms with van der Waals surface area (Å²) in [6.45, 7) is 9.76. The molecule has 18 heavy (non-hydrogen) atoms. The first kappa shape index (κ1) is 16.2. The van der Waals surface area contributed by atoms with Crippen LogP contribution in [-0.4, -0.2) is 24.5 Å². The smallest absolute Gasteiger partial charge is 0.293 e. The van der Waals surface area contributed by atoms with Crippen molar-refractivity contribution in [1.29, 1.82) is 5.41 Å². The number of hydrogen-bond acceptors (Lipinski definition) is 4. The highest BCUT2D eigenvalue weighted by Crippen LogP contribution is 2.11. The first-order valence-electron chi connectivity index (χ1n) is 4.89. The van der Waals surface area contributed by atoms with E-state index in [9.17, 15) is 13.2 Å². The fourth-order valence-corrected chi connectivity index (χ4v) is 1.24. The van der Waals surface area contributed by atoms with Gasteiger partial charge in [-0.1, -0.05) is 24.8 Å². The number of ketones is 1. The SMILES string of the molecule is C=CC(=O)C(=N)C(/C=C\C(=C)S(=O)(=O)O)=C(C)C. The molecule has 0 aromatic rings. The molecular formula is C12H15NO4S. The largest absolute Gasteiger partial charge is 0.296 e. The summed E-state index contributed by atoms with van der Waals surface area (Å²) in [5, 5.41) is 7.61. The molecular weight excluding hydrogens is 254 g/mol. The van der Waals surface area contributed by atoms with Crippen LogP contribution in [0.4, 0.5) is 0 Å². The van der Waals surface area contributed by atoms with Crippen molar-refractivity contribution in [3.05, 3.63) is 47.4 Å². The molecule has 0 spiro atoms. The lowest BCUT2D eigenvalue weighted by molar-refractivity contribution is -0.108. The molecule has 5 nitrogen and oxygen atoms in total. The summed E-state index contributed by atoms with van der Waals surface area (Å²) in [5.41, 5.74) is 0.601. The van der Waals surface area contributed by atoms with Crippen LogP contribution in [0, 0.1) is 5.41 Å². The quantitative estimate of drug-likeness (QED) is 0.334. The van der Waals surface area contributed by atoms with E-state index in [0.717, 1.165) is 12.2 Å². The number of nitrogens with one attached hydrogen (secondary N) is 1. The van der Waals surface area contributed by atoms with Crippen molar-refractivity contribution in [2.75, 3.05) is 0 Å². The number of rotatable bonds is 6. The van der Waals surface area contributed by atoms with E-state index in [1.165, 1.54) is 6.08 Å². The highest BCUT2D eigenvalue weighted by Gasteiger charge is 2.12. The molecule has 0 rings (SSSR count). The van der Waals surface area contributed by atoms with Gasteiger partial charge in [-0.15, -0.1) is 0 Å². The van der Waals surface area contributed by atoms with Gasteiger partial charge in [-0.2, -0.15) is 8.42 Å². The van der Waals surface area contributed by atoms with Gasteiger partial charge in [-0.25, -0.2) is 0 Å². The second-order valence-corrected chi connectivity index (χ2v) is 5.11. The molecule has 0 aromatic heterocycles. The Kier molecular flexibility index (Phi) is 5.61. The molecule has 0 radical (unpaired) electrons. The van der Waals surface area contributed by atoms with E-state index >= 15 is 0 Å². The second kappa shape index (κ2) is 6.23. The van der Waals surface area contributed by atoms with E-state index in [4.69, 9.17) is 9.96 Å². The van der Waals surface area contributed by atoms with Crippen LogP contribution < -0.4 is 0 Å². The Labute approximate surface area is 106 Å². The Hall–Kier alpha value is -1.79. The molecule has 0 saturated carbocycles. The summed E-state index contributed by atoms with van der Waals surface area (Å²) in [6, 6.07) is 0. The fourth-order valence-electron chi connectivity index (χ4n) is 0.997. The van der Waals surface area contributed by atoms with Crippen molar-refractivity contribution in [2.45, 2.75) is 13.8 Å². The molecule has 0 heterocycles. The maximum atomic E-state index is 11.3. The van der Waals surface area contributed by atoms with Gasteiger partial charge in [0.2, 0.25) is 5.78 Å². The maximum absolute atomic E-state index is 11.3. The molecule has 98 valence electrons. The molecule has 0 bridgehead atoms. The monoisotopic (exact) mass is 269 g/mol. The molecule has 0 aliphatic rings. The molecule has 0 aliphatic carbocycles. The molecule has 0 aliphatic heterocycles. The van der Waals surface area contributed by atoms with Crippen molar-refractivity contribution in [3.63, 3.8) is 0 Å². The van der Waals surface area contributed by atoms with Gasteiger partial charge < -0.3 is 0 Å². The van der Waals surface area contributed by atoms with Crippen LogP contribution in [0.15, 0.2) is 47.4 Å². The van der Waals surface area contributed by atoms with Crippen LogP contribution >= 0.6 is 0 Å². The van der Waals surface area contributed by atoms with Crippen LogP contribution in [0.1, 0.15) is 13.8 Å². The molecule has 0 amide bonds. The Morgan fingerprint density at radius 1 is 1.28 bits per heavy atom. The predicted molar refractivity (Wildman–Crippen MR) is 71.1 cm³/mol. The molecule has 0 unspecified atom stereocenters. The summed E-state index contributed by atoms with van der Waals surface area (Å²) < 4.78 is 30.2. The Morgan fingerprint density at radius 3 is 2.11 bits per heavy atom. The average molecular weight is 269 g/mol. The Balaban J connectivity index is 5.37. The third-order valence-corrected chi connectivity index (χ3v) is 2.81. The summed E-state index contributed by atoms with van der Waals surface area (Å²) in [4.78, 5) is 10.8. The standard InChI is InChI=1S/C12H15NO4S/c1-5-11(14)12(13)10(8(2)3)7-6-9(4)18(15,16)17/h5-7,13H,1,4H2,2-3H3,(H,15,16,17)/b7-6-,13-12?. The maximum Gasteiger partial charge on any atom is 0.293 e.